The maximum absolute atomic E-state index is 13.7. The molecule has 2 aliphatic heterocycles. The summed E-state index contributed by atoms with van der Waals surface area (Å²) < 4.78 is 52.4. The molecular formula is C20H25F3N6O2. The summed E-state index contributed by atoms with van der Waals surface area (Å²) in [6.07, 6.45) is -3.57. The highest BCUT2D eigenvalue weighted by atomic mass is 19.4. The number of nitrogens with two attached hydrogens (primary N) is 1. The molecule has 2 aliphatic rings. The second kappa shape index (κ2) is 8.46. The molecule has 2 N–H and O–H groups in total. The van der Waals surface area contributed by atoms with Crippen LogP contribution in [-0.2, 0) is 15.7 Å². The Bertz CT molecular complexity index is 926. The molecule has 4 heterocycles. The zero-order chi connectivity index (χ0) is 22.2. The molecular weight excluding hydrogens is 413 g/mol. The third kappa shape index (κ3) is 4.82. The van der Waals surface area contributed by atoms with Crippen LogP contribution in [0.4, 0.5) is 30.8 Å². The van der Waals surface area contributed by atoms with Crippen LogP contribution in [0.2, 0.25) is 0 Å². The number of aromatic nitrogens is 3. The summed E-state index contributed by atoms with van der Waals surface area (Å²) in [5.74, 6) is 0.723. The predicted octanol–water partition coefficient (Wildman–Crippen LogP) is 2.59. The molecule has 0 saturated carbocycles. The first-order chi connectivity index (χ1) is 14.7. The number of nitrogen functional groups attached to an aromatic ring is 1. The Balaban J connectivity index is 1.82. The van der Waals surface area contributed by atoms with E-state index in [1.165, 1.54) is 0 Å². The molecule has 168 valence electrons. The molecule has 2 aromatic heterocycles. The molecule has 2 atom stereocenters. The number of hydrogen-bond donors (Lipinski definition) is 1. The van der Waals surface area contributed by atoms with Gasteiger partial charge < -0.3 is 25.0 Å². The van der Waals surface area contributed by atoms with Gasteiger partial charge in [-0.25, -0.2) is 9.97 Å². The Morgan fingerprint density at radius 2 is 1.71 bits per heavy atom. The fourth-order valence-electron chi connectivity index (χ4n) is 3.91. The molecule has 31 heavy (non-hydrogen) atoms. The summed E-state index contributed by atoms with van der Waals surface area (Å²) in [6.45, 7) is 7.22. The van der Waals surface area contributed by atoms with Crippen LogP contribution in [0.3, 0.4) is 0 Å². The number of pyridine rings is 1. The highest BCUT2D eigenvalue weighted by Gasteiger charge is 2.35. The van der Waals surface area contributed by atoms with Crippen LogP contribution in [-0.4, -0.2) is 66.6 Å². The number of anilines is 3. The normalized spacial score (nSPS) is 22.6. The average Bonchev–Trinajstić information content (AvgIpc) is 2.73. The minimum Gasteiger partial charge on any atom is -0.384 e. The van der Waals surface area contributed by atoms with Crippen LogP contribution in [0, 0.1) is 0 Å². The van der Waals surface area contributed by atoms with Crippen molar-refractivity contribution in [1.29, 1.82) is 0 Å². The van der Waals surface area contributed by atoms with Gasteiger partial charge in [0.2, 0.25) is 5.95 Å². The zero-order valence-electron chi connectivity index (χ0n) is 17.4. The highest BCUT2D eigenvalue weighted by Crippen LogP contribution is 2.38. The molecule has 0 aliphatic carbocycles. The minimum absolute atomic E-state index is 0.0493. The predicted molar refractivity (Wildman–Crippen MR) is 110 cm³/mol. The lowest BCUT2D eigenvalue weighted by atomic mass is 10.1. The SMILES string of the molecule is C[C@@H]1CN(c2nc(-c3cnc(N)cc3C(F)(F)F)cc(N3CCOCC3)n2)C[C@H](C)O1. The summed E-state index contributed by atoms with van der Waals surface area (Å²) in [5.41, 5.74) is 4.69. The van der Waals surface area contributed by atoms with Gasteiger partial charge in [0.15, 0.2) is 0 Å². The van der Waals surface area contributed by atoms with Crippen molar-refractivity contribution in [2.24, 2.45) is 0 Å². The number of alkyl halides is 3. The van der Waals surface area contributed by atoms with E-state index < -0.39 is 11.7 Å². The van der Waals surface area contributed by atoms with E-state index in [-0.39, 0.29) is 29.3 Å². The van der Waals surface area contributed by atoms with Gasteiger partial charge in [0.1, 0.15) is 11.6 Å². The third-order valence-electron chi connectivity index (χ3n) is 5.24. The summed E-state index contributed by atoms with van der Waals surface area (Å²) in [7, 11) is 0. The van der Waals surface area contributed by atoms with Crippen LogP contribution in [0.15, 0.2) is 18.3 Å². The van der Waals surface area contributed by atoms with Crippen LogP contribution >= 0.6 is 0 Å². The molecule has 2 fully saturated rings. The van der Waals surface area contributed by atoms with Gasteiger partial charge in [-0.15, -0.1) is 0 Å². The molecule has 11 heteroatoms. The lowest BCUT2D eigenvalue weighted by molar-refractivity contribution is -0.137. The molecule has 0 radical (unpaired) electrons. The molecule has 2 saturated heterocycles. The smallest absolute Gasteiger partial charge is 0.384 e. The Morgan fingerprint density at radius 1 is 1.03 bits per heavy atom. The monoisotopic (exact) mass is 438 g/mol. The van der Waals surface area contributed by atoms with Crippen LogP contribution in [0.5, 0.6) is 0 Å². The van der Waals surface area contributed by atoms with Crippen molar-refractivity contribution in [3.8, 4) is 11.3 Å². The van der Waals surface area contributed by atoms with Gasteiger partial charge in [-0.3, -0.25) is 0 Å². The fraction of sp³-hybridized carbons (Fsp3) is 0.550. The van der Waals surface area contributed by atoms with Crippen molar-refractivity contribution >= 4 is 17.6 Å². The van der Waals surface area contributed by atoms with Crippen LogP contribution in [0.1, 0.15) is 19.4 Å². The van der Waals surface area contributed by atoms with Gasteiger partial charge in [-0.1, -0.05) is 0 Å². The Hall–Kier alpha value is -2.66. The number of rotatable bonds is 3. The number of ether oxygens (including phenoxy) is 2. The first-order valence-electron chi connectivity index (χ1n) is 10.2. The topological polar surface area (TPSA) is 89.6 Å². The molecule has 2 aromatic rings. The van der Waals surface area contributed by atoms with E-state index in [1.54, 1.807) is 6.07 Å². The summed E-state index contributed by atoms with van der Waals surface area (Å²) >= 11 is 0. The summed E-state index contributed by atoms with van der Waals surface area (Å²) in [6, 6.07) is 2.41. The van der Waals surface area contributed by atoms with E-state index in [2.05, 4.69) is 15.0 Å². The first-order valence-corrected chi connectivity index (χ1v) is 10.2. The molecule has 8 nitrogen and oxygen atoms in total. The first kappa shape index (κ1) is 21.6. The fourth-order valence-corrected chi connectivity index (χ4v) is 3.91. The maximum Gasteiger partial charge on any atom is 0.417 e. The number of nitrogens with zero attached hydrogens (tertiary/aromatic N) is 5. The average molecular weight is 438 g/mol. The second-order valence-electron chi connectivity index (χ2n) is 7.83. The van der Waals surface area contributed by atoms with E-state index in [1.807, 2.05) is 23.6 Å². The lowest BCUT2D eigenvalue weighted by Gasteiger charge is -2.36. The molecule has 0 spiro atoms. The van der Waals surface area contributed by atoms with E-state index in [0.29, 0.717) is 51.2 Å². The Kier molecular flexibility index (Phi) is 5.89. The number of morpholine rings is 2. The lowest BCUT2D eigenvalue weighted by Crippen LogP contribution is -2.46. The van der Waals surface area contributed by atoms with Crippen molar-refractivity contribution in [3.05, 3.63) is 23.9 Å². The van der Waals surface area contributed by atoms with Gasteiger partial charge in [0.05, 0.1) is 36.7 Å². The van der Waals surface area contributed by atoms with Crippen molar-refractivity contribution in [1.82, 2.24) is 15.0 Å². The van der Waals surface area contributed by atoms with E-state index in [4.69, 9.17) is 15.2 Å². The van der Waals surface area contributed by atoms with Gasteiger partial charge in [0.25, 0.3) is 0 Å². The van der Waals surface area contributed by atoms with Gasteiger partial charge >= 0.3 is 6.18 Å². The highest BCUT2D eigenvalue weighted by molar-refractivity contribution is 5.69. The zero-order valence-corrected chi connectivity index (χ0v) is 17.4. The molecule has 0 amide bonds. The minimum atomic E-state index is -4.60. The van der Waals surface area contributed by atoms with E-state index in [0.717, 1.165) is 12.3 Å². The largest absolute Gasteiger partial charge is 0.417 e. The van der Waals surface area contributed by atoms with Crippen molar-refractivity contribution in [3.63, 3.8) is 0 Å². The quantitative estimate of drug-likeness (QED) is 0.782. The van der Waals surface area contributed by atoms with Crippen molar-refractivity contribution < 1.29 is 22.6 Å². The maximum atomic E-state index is 13.7. The summed E-state index contributed by atoms with van der Waals surface area (Å²) in [5, 5.41) is 0. The molecule has 0 bridgehead atoms. The Labute approximate surface area is 178 Å². The molecule has 0 aromatic carbocycles. The van der Waals surface area contributed by atoms with Crippen molar-refractivity contribution in [2.45, 2.75) is 32.2 Å². The van der Waals surface area contributed by atoms with Crippen LogP contribution in [0.25, 0.3) is 11.3 Å². The molecule has 4 rings (SSSR count). The Morgan fingerprint density at radius 3 is 2.35 bits per heavy atom. The van der Waals surface area contributed by atoms with Crippen molar-refractivity contribution in [2.75, 3.05) is 54.9 Å². The van der Waals surface area contributed by atoms with Gasteiger partial charge in [0, 0.05) is 44.0 Å². The standard InChI is InChI=1S/C20H25F3N6O2/c1-12-10-29(11-13(2)31-12)19-26-16(8-18(27-19)28-3-5-30-6-4-28)14-9-25-17(24)7-15(14)20(21,22)23/h7-9,12-13H,3-6,10-11H2,1-2H3,(H2,24,25)/t12-,13+. The van der Waals surface area contributed by atoms with Gasteiger partial charge in [-0.2, -0.15) is 18.2 Å². The second-order valence-corrected chi connectivity index (χ2v) is 7.83. The van der Waals surface area contributed by atoms with Gasteiger partial charge in [-0.05, 0) is 19.9 Å². The number of hydrogen-bond acceptors (Lipinski definition) is 8. The van der Waals surface area contributed by atoms with E-state index >= 15 is 0 Å². The number of halogens is 3. The summed E-state index contributed by atoms with van der Waals surface area (Å²) in [4.78, 5) is 17.0. The third-order valence-corrected chi connectivity index (χ3v) is 5.24. The molecule has 0 unspecified atom stereocenters. The van der Waals surface area contributed by atoms with E-state index in [9.17, 15) is 13.2 Å². The van der Waals surface area contributed by atoms with Crippen LogP contribution < -0.4 is 15.5 Å².